The zero-order valence-corrected chi connectivity index (χ0v) is 17.0. The Hall–Kier alpha value is -1.65. The third kappa shape index (κ3) is 4.92. The van der Waals surface area contributed by atoms with E-state index in [0.29, 0.717) is 18.9 Å². The summed E-state index contributed by atoms with van der Waals surface area (Å²) in [6.45, 7) is 1.39. The number of nitrogens with two attached hydrogens (primary N) is 1. The van der Waals surface area contributed by atoms with Gasteiger partial charge in [0.2, 0.25) is 15.9 Å². The van der Waals surface area contributed by atoms with Crippen molar-refractivity contribution >= 4 is 15.9 Å². The van der Waals surface area contributed by atoms with Gasteiger partial charge in [0.25, 0.3) is 0 Å². The molecule has 3 atom stereocenters. The average molecular weight is 433 g/mol. The lowest BCUT2D eigenvalue weighted by molar-refractivity contribution is -0.118. The summed E-state index contributed by atoms with van der Waals surface area (Å²) in [6, 6.07) is 0.511. The summed E-state index contributed by atoms with van der Waals surface area (Å²) in [6.07, 6.45) is 2.60. The molecule has 2 aliphatic heterocycles. The molecular weight excluding hydrogens is 407 g/mol. The molecule has 3 rings (SSSR count). The van der Waals surface area contributed by atoms with Gasteiger partial charge in [0.15, 0.2) is 11.6 Å². The first-order valence-corrected chi connectivity index (χ1v) is 11.3. The molecule has 29 heavy (non-hydrogen) atoms. The Balaban J connectivity index is 1.65. The number of carbonyl (C=O) groups excluding carboxylic acids is 1. The number of rotatable bonds is 7. The quantitative estimate of drug-likeness (QED) is 0.640. The molecular formula is C19H26F3N3O3S. The zero-order valence-electron chi connectivity index (χ0n) is 16.2. The van der Waals surface area contributed by atoms with Crippen molar-refractivity contribution in [1.82, 2.24) is 9.62 Å². The van der Waals surface area contributed by atoms with Crippen LogP contribution in [0.5, 0.6) is 0 Å². The van der Waals surface area contributed by atoms with Crippen LogP contribution in [0.2, 0.25) is 0 Å². The lowest BCUT2D eigenvalue weighted by atomic mass is 9.83. The van der Waals surface area contributed by atoms with Gasteiger partial charge < -0.3 is 11.1 Å². The smallest absolute Gasteiger partial charge is 0.216 e. The van der Waals surface area contributed by atoms with Gasteiger partial charge in [-0.15, -0.1) is 0 Å². The van der Waals surface area contributed by atoms with Crippen LogP contribution in [-0.4, -0.2) is 49.1 Å². The summed E-state index contributed by atoms with van der Waals surface area (Å²) < 4.78 is 67.5. The lowest BCUT2D eigenvalue weighted by Gasteiger charge is -2.40. The standard InChI is InChI=1S/C19H26F3N3O3S/c1-11(26)24-4-5-29(27,28)25-14-2-3-15(25)7-13(6-14)19(23)9-12-8-17(21)18(22)10-16(12)20/h8,10,13-15,19H,2-7,9,23H2,1H3,(H,24,26)/t13?,14?,15?,19-/m0/s1. The van der Waals surface area contributed by atoms with Crippen molar-refractivity contribution in [2.45, 2.75) is 57.2 Å². The first-order valence-electron chi connectivity index (χ1n) is 9.73. The Kier molecular flexibility index (Phi) is 6.54. The number of benzene rings is 1. The van der Waals surface area contributed by atoms with Gasteiger partial charge in [-0.25, -0.2) is 21.6 Å². The lowest BCUT2D eigenvalue weighted by Crippen LogP contribution is -2.51. The summed E-state index contributed by atoms with van der Waals surface area (Å²) >= 11 is 0. The van der Waals surface area contributed by atoms with Crippen molar-refractivity contribution < 1.29 is 26.4 Å². The number of nitrogens with zero attached hydrogens (tertiary/aromatic N) is 1. The minimum Gasteiger partial charge on any atom is -0.355 e. The molecule has 2 unspecified atom stereocenters. The molecule has 0 aliphatic carbocycles. The summed E-state index contributed by atoms with van der Waals surface area (Å²) in [5, 5.41) is 2.50. The van der Waals surface area contributed by atoms with Crippen molar-refractivity contribution in [2.24, 2.45) is 11.7 Å². The predicted octanol–water partition coefficient (Wildman–Crippen LogP) is 1.68. The predicted molar refractivity (Wildman–Crippen MR) is 102 cm³/mol. The summed E-state index contributed by atoms with van der Waals surface area (Å²) in [5.41, 5.74) is 6.28. The molecule has 0 spiro atoms. The second kappa shape index (κ2) is 8.61. The molecule has 6 nitrogen and oxygen atoms in total. The number of nitrogens with one attached hydrogen (secondary N) is 1. The maximum Gasteiger partial charge on any atom is 0.216 e. The van der Waals surface area contributed by atoms with Gasteiger partial charge in [0, 0.05) is 37.7 Å². The molecule has 2 fully saturated rings. The summed E-state index contributed by atoms with van der Waals surface area (Å²) in [7, 11) is -3.51. The van der Waals surface area contributed by atoms with Gasteiger partial charge in [0.1, 0.15) is 5.82 Å². The second-order valence-corrected chi connectivity index (χ2v) is 9.96. The SMILES string of the molecule is CC(=O)NCCS(=O)(=O)N1C2CCC1CC([C@@H](N)Cc1cc(F)c(F)cc1F)C2. The van der Waals surface area contributed by atoms with Gasteiger partial charge in [-0.2, -0.15) is 4.31 Å². The molecule has 3 N–H and O–H groups in total. The van der Waals surface area contributed by atoms with E-state index in [1.165, 1.54) is 6.92 Å². The molecule has 1 aromatic rings. The number of hydrogen-bond donors (Lipinski definition) is 2. The maximum absolute atomic E-state index is 13.9. The monoisotopic (exact) mass is 433 g/mol. The van der Waals surface area contributed by atoms with Crippen LogP contribution in [0.3, 0.4) is 0 Å². The number of sulfonamides is 1. The fraction of sp³-hybridized carbons (Fsp3) is 0.632. The van der Waals surface area contributed by atoms with Crippen LogP contribution < -0.4 is 11.1 Å². The molecule has 0 radical (unpaired) electrons. The van der Waals surface area contributed by atoms with E-state index in [4.69, 9.17) is 5.73 Å². The molecule has 2 heterocycles. The number of fused-ring (bicyclic) bond motifs is 2. The van der Waals surface area contributed by atoms with E-state index in [-0.39, 0.29) is 48.2 Å². The number of halogens is 3. The minimum atomic E-state index is -3.51. The molecule has 1 aromatic carbocycles. The maximum atomic E-state index is 13.9. The third-order valence-electron chi connectivity index (χ3n) is 5.91. The fourth-order valence-corrected chi connectivity index (χ4v) is 6.44. The molecule has 162 valence electrons. The third-order valence-corrected chi connectivity index (χ3v) is 7.87. The Morgan fingerprint density at radius 3 is 2.34 bits per heavy atom. The Morgan fingerprint density at radius 2 is 1.76 bits per heavy atom. The van der Waals surface area contributed by atoms with Crippen molar-refractivity contribution in [2.75, 3.05) is 12.3 Å². The molecule has 0 aromatic heterocycles. The van der Waals surface area contributed by atoms with Crippen molar-refractivity contribution in [1.29, 1.82) is 0 Å². The van der Waals surface area contributed by atoms with E-state index in [2.05, 4.69) is 5.32 Å². The molecule has 10 heteroatoms. The highest BCUT2D eigenvalue weighted by molar-refractivity contribution is 7.89. The molecule has 2 bridgehead atoms. The molecule has 0 saturated carbocycles. The highest BCUT2D eigenvalue weighted by Gasteiger charge is 2.47. The highest BCUT2D eigenvalue weighted by atomic mass is 32.2. The largest absolute Gasteiger partial charge is 0.355 e. The summed E-state index contributed by atoms with van der Waals surface area (Å²) in [5.74, 6) is -3.67. The van der Waals surface area contributed by atoms with Crippen LogP contribution >= 0.6 is 0 Å². The minimum absolute atomic E-state index is 0.0223. The van der Waals surface area contributed by atoms with E-state index < -0.39 is 33.5 Å². The van der Waals surface area contributed by atoms with Gasteiger partial charge in [-0.05, 0) is 49.7 Å². The van der Waals surface area contributed by atoms with Crippen LogP contribution in [0.4, 0.5) is 13.2 Å². The average Bonchev–Trinajstić information content (AvgIpc) is 2.90. The van der Waals surface area contributed by atoms with Gasteiger partial charge in [-0.1, -0.05) is 0 Å². The fourth-order valence-electron chi connectivity index (χ4n) is 4.58. The highest BCUT2D eigenvalue weighted by Crippen LogP contribution is 2.41. The number of amides is 1. The van der Waals surface area contributed by atoms with Crippen LogP contribution in [0.1, 0.15) is 38.2 Å². The van der Waals surface area contributed by atoms with Crippen LogP contribution in [-0.2, 0) is 21.2 Å². The van der Waals surface area contributed by atoms with E-state index in [1.807, 2.05) is 0 Å². The molecule has 2 aliphatic rings. The van der Waals surface area contributed by atoms with Crippen LogP contribution in [0, 0.1) is 23.4 Å². The normalized spacial score (nSPS) is 25.8. The summed E-state index contributed by atoms with van der Waals surface area (Å²) in [4.78, 5) is 11.0. The second-order valence-electron chi connectivity index (χ2n) is 7.97. The van der Waals surface area contributed by atoms with Gasteiger partial charge in [-0.3, -0.25) is 4.79 Å². The molecule has 1 amide bonds. The number of carbonyl (C=O) groups is 1. The number of hydrogen-bond acceptors (Lipinski definition) is 4. The van der Waals surface area contributed by atoms with E-state index in [1.54, 1.807) is 4.31 Å². The van der Waals surface area contributed by atoms with Gasteiger partial charge in [0.05, 0.1) is 5.75 Å². The Bertz CT molecular complexity index is 867. The van der Waals surface area contributed by atoms with Gasteiger partial charge >= 0.3 is 0 Å². The first-order chi connectivity index (χ1) is 13.6. The van der Waals surface area contributed by atoms with Crippen molar-refractivity contribution in [3.63, 3.8) is 0 Å². The van der Waals surface area contributed by atoms with E-state index >= 15 is 0 Å². The van der Waals surface area contributed by atoms with Crippen molar-refractivity contribution in [3.8, 4) is 0 Å². The molecule has 2 saturated heterocycles. The Labute approximate surface area is 168 Å². The number of piperidine rings is 1. The van der Waals surface area contributed by atoms with E-state index in [0.717, 1.165) is 18.9 Å². The van der Waals surface area contributed by atoms with E-state index in [9.17, 15) is 26.4 Å². The van der Waals surface area contributed by atoms with Crippen LogP contribution in [0.25, 0.3) is 0 Å². The van der Waals surface area contributed by atoms with Crippen LogP contribution in [0.15, 0.2) is 12.1 Å². The topological polar surface area (TPSA) is 92.5 Å². The first kappa shape index (κ1) is 22.0. The van der Waals surface area contributed by atoms with Crippen molar-refractivity contribution in [3.05, 3.63) is 35.1 Å². The zero-order chi connectivity index (χ0) is 21.3. The Morgan fingerprint density at radius 1 is 1.17 bits per heavy atom.